The van der Waals surface area contributed by atoms with Crippen molar-refractivity contribution in [3.8, 4) is 0 Å². The van der Waals surface area contributed by atoms with Crippen molar-refractivity contribution >= 4 is 23.5 Å². The fourth-order valence-corrected chi connectivity index (χ4v) is 4.37. The van der Waals surface area contributed by atoms with E-state index in [4.69, 9.17) is 0 Å². The molecule has 2 N–H and O–H groups in total. The maximum atomic E-state index is 13.4. The second-order valence-electron chi connectivity index (χ2n) is 10.2. The number of hydrogen-bond donors (Lipinski definition) is 2. The zero-order chi connectivity index (χ0) is 24.8. The van der Waals surface area contributed by atoms with Gasteiger partial charge in [0.1, 0.15) is 6.54 Å². The van der Waals surface area contributed by atoms with E-state index in [1.54, 1.807) is 7.05 Å². The number of rotatable bonds is 4. The van der Waals surface area contributed by atoms with Crippen molar-refractivity contribution in [3.05, 3.63) is 76.0 Å². The van der Waals surface area contributed by atoms with Crippen LogP contribution in [0.1, 0.15) is 49.1 Å². The number of nitrogens with one attached hydrogen (secondary N) is 2. The fourth-order valence-electron chi connectivity index (χ4n) is 4.37. The van der Waals surface area contributed by atoms with E-state index < -0.39 is 6.04 Å². The molecule has 2 aromatic rings. The summed E-state index contributed by atoms with van der Waals surface area (Å²) in [4.78, 5) is 41.7. The molecule has 7 heteroatoms. The van der Waals surface area contributed by atoms with Gasteiger partial charge in [-0.15, -0.1) is 0 Å². The summed E-state index contributed by atoms with van der Waals surface area (Å²) in [5.74, 6) is -0.508. The summed E-state index contributed by atoms with van der Waals surface area (Å²) in [5.41, 5.74) is 6.10. The van der Waals surface area contributed by atoms with Crippen molar-refractivity contribution in [2.45, 2.75) is 46.1 Å². The molecule has 2 aromatic carbocycles. The number of aryl methyl sites for hydroxylation is 2. The van der Waals surface area contributed by atoms with Crippen LogP contribution >= 0.6 is 0 Å². The number of nitrogens with zero attached hydrogens (tertiary/aromatic N) is 2. The van der Waals surface area contributed by atoms with Crippen LogP contribution in [0.2, 0.25) is 0 Å². The highest BCUT2D eigenvalue weighted by Gasteiger charge is 2.43. The number of hydrogen-bond acceptors (Lipinski definition) is 3. The molecule has 0 bridgehead atoms. The van der Waals surface area contributed by atoms with E-state index in [0.717, 1.165) is 16.7 Å². The van der Waals surface area contributed by atoms with Gasteiger partial charge in [0.05, 0.1) is 23.9 Å². The molecule has 178 valence electrons. The van der Waals surface area contributed by atoms with E-state index >= 15 is 0 Å². The second kappa shape index (κ2) is 8.63. The quantitative estimate of drug-likeness (QED) is 0.723. The third-order valence-electron chi connectivity index (χ3n) is 6.67. The number of amides is 4. The Hall–Kier alpha value is -3.61. The molecule has 1 unspecified atom stereocenters. The predicted molar refractivity (Wildman–Crippen MR) is 132 cm³/mol. The van der Waals surface area contributed by atoms with E-state index in [9.17, 15) is 14.4 Å². The molecular formula is C27H32N4O3. The first-order chi connectivity index (χ1) is 16.0. The molecule has 2 aliphatic rings. The fraction of sp³-hybridized carbons (Fsp3) is 0.370. The van der Waals surface area contributed by atoms with Crippen LogP contribution in [0.25, 0.3) is 0 Å². The van der Waals surface area contributed by atoms with Gasteiger partial charge in [0.15, 0.2) is 0 Å². The second-order valence-corrected chi connectivity index (χ2v) is 10.2. The molecule has 0 saturated carbocycles. The van der Waals surface area contributed by atoms with Crippen LogP contribution in [0.3, 0.4) is 0 Å². The van der Waals surface area contributed by atoms with E-state index in [2.05, 4.69) is 31.4 Å². The number of likely N-dealkylation sites (N-methyl/N-ethyl adjacent to an activating group) is 1. The summed E-state index contributed by atoms with van der Waals surface area (Å²) < 4.78 is 0. The van der Waals surface area contributed by atoms with Gasteiger partial charge in [-0.3, -0.25) is 14.5 Å². The molecule has 7 nitrogen and oxygen atoms in total. The van der Waals surface area contributed by atoms with Gasteiger partial charge in [-0.1, -0.05) is 51.1 Å². The summed E-state index contributed by atoms with van der Waals surface area (Å²) in [5, 5.41) is 5.82. The van der Waals surface area contributed by atoms with Crippen LogP contribution in [0.15, 0.2) is 53.7 Å². The van der Waals surface area contributed by atoms with Crippen LogP contribution in [0, 0.1) is 13.8 Å². The molecule has 4 rings (SSSR count). The highest BCUT2D eigenvalue weighted by molar-refractivity contribution is 6.04. The van der Waals surface area contributed by atoms with Gasteiger partial charge in [0.2, 0.25) is 5.91 Å². The predicted octanol–water partition coefficient (Wildman–Crippen LogP) is 4.03. The Morgan fingerprint density at radius 2 is 1.74 bits per heavy atom. The molecule has 4 amide bonds. The Morgan fingerprint density at radius 1 is 1.06 bits per heavy atom. The monoisotopic (exact) mass is 460 g/mol. The van der Waals surface area contributed by atoms with E-state index in [-0.39, 0.29) is 36.3 Å². The highest BCUT2D eigenvalue weighted by Crippen LogP contribution is 2.36. The molecule has 0 aromatic heterocycles. The lowest BCUT2D eigenvalue weighted by Crippen LogP contribution is -2.45. The molecule has 0 fully saturated rings. The van der Waals surface area contributed by atoms with Crippen molar-refractivity contribution < 1.29 is 14.4 Å². The van der Waals surface area contributed by atoms with Crippen molar-refractivity contribution in [3.63, 3.8) is 0 Å². The number of urea groups is 1. The molecule has 2 aliphatic heterocycles. The number of carbonyl (C=O) groups is 3. The molecule has 34 heavy (non-hydrogen) atoms. The lowest BCUT2D eigenvalue weighted by Gasteiger charge is -2.31. The molecule has 1 atom stereocenters. The summed E-state index contributed by atoms with van der Waals surface area (Å²) in [6.45, 7) is 10.6. The van der Waals surface area contributed by atoms with Gasteiger partial charge in [-0.05, 0) is 53.6 Å². The summed E-state index contributed by atoms with van der Waals surface area (Å²) in [7, 11) is 1.65. The third-order valence-corrected chi connectivity index (χ3v) is 6.67. The SMILES string of the molecule is Cc1ccc(NC(=O)CN2CC3=C(C2=O)C(c2ccc(C(C)(C)C)cc2)NC(=O)N3C)cc1C. The minimum absolute atomic E-state index is 0.00230. The molecular weight excluding hydrogens is 428 g/mol. The summed E-state index contributed by atoms with van der Waals surface area (Å²) in [6.07, 6.45) is 0. The van der Waals surface area contributed by atoms with Crippen LogP contribution in [0.4, 0.5) is 10.5 Å². The van der Waals surface area contributed by atoms with E-state index in [1.807, 2.05) is 56.3 Å². The van der Waals surface area contributed by atoms with Crippen molar-refractivity contribution in [1.29, 1.82) is 0 Å². The van der Waals surface area contributed by atoms with Crippen molar-refractivity contribution in [1.82, 2.24) is 15.1 Å². The molecule has 0 saturated heterocycles. The molecule has 0 spiro atoms. The minimum Gasteiger partial charge on any atom is -0.327 e. The van der Waals surface area contributed by atoms with Crippen molar-refractivity contribution in [2.24, 2.45) is 0 Å². The van der Waals surface area contributed by atoms with Gasteiger partial charge in [0.25, 0.3) is 5.91 Å². The average Bonchev–Trinajstić information content (AvgIpc) is 3.09. The van der Waals surface area contributed by atoms with Gasteiger partial charge >= 0.3 is 6.03 Å². The molecule has 2 heterocycles. The lowest BCUT2D eigenvalue weighted by molar-refractivity contribution is -0.130. The standard InChI is InChI=1S/C27H32N4O3/c1-16-7-12-20(13-17(16)2)28-22(32)15-31-14-21-23(25(31)33)24(29-26(34)30(21)6)18-8-10-19(11-9-18)27(3,4)5/h7-13,24H,14-15H2,1-6H3,(H,28,32)(H,29,34). The highest BCUT2D eigenvalue weighted by atomic mass is 16.2. The Balaban J connectivity index is 1.54. The van der Waals surface area contributed by atoms with Gasteiger partial charge < -0.3 is 15.5 Å². The number of anilines is 1. The van der Waals surface area contributed by atoms with Gasteiger partial charge in [0, 0.05) is 12.7 Å². The van der Waals surface area contributed by atoms with Crippen LogP contribution in [-0.2, 0) is 15.0 Å². The van der Waals surface area contributed by atoms with Crippen LogP contribution in [0.5, 0.6) is 0 Å². The first-order valence-electron chi connectivity index (χ1n) is 11.5. The minimum atomic E-state index is -0.548. The first-order valence-corrected chi connectivity index (χ1v) is 11.5. The first kappa shape index (κ1) is 23.5. The Kier molecular flexibility index (Phi) is 5.98. The lowest BCUT2D eigenvalue weighted by atomic mass is 9.85. The smallest absolute Gasteiger partial charge is 0.322 e. The Bertz CT molecular complexity index is 1190. The van der Waals surface area contributed by atoms with Crippen molar-refractivity contribution in [2.75, 3.05) is 25.5 Å². The Labute approximate surface area is 200 Å². The molecule has 0 radical (unpaired) electrons. The van der Waals surface area contributed by atoms with E-state index in [0.29, 0.717) is 17.0 Å². The number of carbonyl (C=O) groups excluding carboxylic acids is 3. The van der Waals surface area contributed by atoms with Gasteiger partial charge in [-0.2, -0.15) is 0 Å². The zero-order valence-electron chi connectivity index (χ0n) is 20.7. The maximum absolute atomic E-state index is 13.4. The average molecular weight is 461 g/mol. The normalized spacial score (nSPS) is 18.2. The maximum Gasteiger partial charge on any atom is 0.322 e. The van der Waals surface area contributed by atoms with Gasteiger partial charge in [-0.25, -0.2) is 4.79 Å². The largest absolute Gasteiger partial charge is 0.327 e. The number of benzene rings is 2. The third kappa shape index (κ3) is 4.42. The van der Waals surface area contributed by atoms with E-state index in [1.165, 1.54) is 15.4 Å². The topological polar surface area (TPSA) is 81.8 Å². The Morgan fingerprint density at radius 3 is 2.35 bits per heavy atom. The summed E-state index contributed by atoms with van der Waals surface area (Å²) in [6, 6.07) is 12.9. The van der Waals surface area contributed by atoms with Crippen LogP contribution < -0.4 is 10.6 Å². The van der Waals surface area contributed by atoms with Crippen LogP contribution in [-0.4, -0.2) is 47.8 Å². The zero-order valence-corrected chi connectivity index (χ0v) is 20.7. The summed E-state index contributed by atoms with van der Waals surface area (Å²) >= 11 is 0. The molecule has 0 aliphatic carbocycles.